The van der Waals surface area contributed by atoms with Crippen LogP contribution in [0.4, 0.5) is 24.5 Å². The fourth-order valence-electron chi connectivity index (χ4n) is 3.67. The summed E-state index contributed by atoms with van der Waals surface area (Å²) < 4.78 is 38.7. The zero-order chi connectivity index (χ0) is 20.9. The Morgan fingerprint density at radius 2 is 1.43 bits per heavy atom. The molecule has 0 saturated heterocycles. The van der Waals surface area contributed by atoms with Gasteiger partial charge in [0, 0.05) is 22.3 Å². The third-order valence-electron chi connectivity index (χ3n) is 5.11. The minimum Gasteiger partial charge on any atom is -0.492 e. The third kappa shape index (κ3) is 2.86. The smallest absolute Gasteiger partial charge is 0.416 e. The molecule has 2 aliphatic heterocycles. The highest BCUT2D eigenvalue weighted by molar-refractivity contribution is 5.85. The predicted octanol–water partition coefficient (Wildman–Crippen LogP) is 3.82. The molecule has 0 saturated carbocycles. The molecule has 0 unspecified atom stereocenters. The van der Waals surface area contributed by atoms with Gasteiger partial charge >= 0.3 is 6.18 Å². The number of benzene rings is 3. The van der Waals surface area contributed by atoms with Gasteiger partial charge < -0.3 is 10.0 Å². The van der Waals surface area contributed by atoms with Gasteiger partial charge in [0.2, 0.25) is 5.88 Å². The standard InChI is InChI=1S/C23H16F3N3O/c24-23(25,26)16-10-12-18(13-11-16)29-22(30)21-20(27-29)19-9-5-4-6-15(19)14-28(21)17-7-2-1-3-8-17/h1-14,27,30H. The number of aliphatic hydroxyl groups excluding tert-OH is 1. The fraction of sp³-hybridized carbons (Fsp3) is 0.0435. The number of hydrogen-bond donors (Lipinski definition) is 2. The Balaban J connectivity index is 1.66. The van der Waals surface area contributed by atoms with E-state index in [-0.39, 0.29) is 5.88 Å². The molecule has 0 aliphatic carbocycles. The largest absolute Gasteiger partial charge is 0.492 e. The maximum atomic E-state index is 12.9. The lowest BCUT2D eigenvalue weighted by atomic mass is 10.1. The number of nitrogens with zero attached hydrogens (tertiary/aromatic N) is 2. The molecular weight excluding hydrogens is 391 g/mol. The normalized spacial score (nSPS) is 15.5. The van der Waals surface area contributed by atoms with Crippen molar-refractivity contribution in [1.29, 1.82) is 0 Å². The Kier molecular flexibility index (Phi) is 3.99. The minimum atomic E-state index is -4.42. The van der Waals surface area contributed by atoms with Crippen LogP contribution in [-0.2, 0) is 6.18 Å². The van der Waals surface area contributed by atoms with Crippen LogP contribution in [0.25, 0.3) is 11.9 Å². The molecule has 0 amide bonds. The molecule has 4 nitrogen and oxygen atoms in total. The molecule has 0 fully saturated rings. The molecule has 3 aromatic rings. The quantitative estimate of drug-likeness (QED) is 0.678. The molecule has 2 N–H and O–H groups in total. The molecule has 5 rings (SSSR count). The molecule has 2 aliphatic rings. The molecule has 0 bridgehead atoms. The molecule has 0 radical (unpaired) electrons. The molecule has 7 heteroatoms. The van der Waals surface area contributed by atoms with E-state index in [1.807, 2.05) is 65.7 Å². The number of nitrogens with one attached hydrogen (secondary N) is 1. The van der Waals surface area contributed by atoms with Crippen molar-refractivity contribution in [2.24, 2.45) is 0 Å². The SMILES string of the molecule is OC1=C2C(=c3ccccc3=CN2c2ccccc2)NN1c1ccc(C(F)(F)F)cc1. The van der Waals surface area contributed by atoms with E-state index in [2.05, 4.69) is 5.43 Å². The van der Waals surface area contributed by atoms with Gasteiger partial charge in [-0.2, -0.15) is 13.2 Å². The van der Waals surface area contributed by atoms with Crippen LogP contribution in [0, 0.1) is 0 Å². The zero-order valence-electron chi connectivity index (χ0n) is 15.6. The zero-order valence-corrected chi connectivity index (χ0v) is 15.6. The first-order valence-corrected chi connectivity index (χ1v) is 9.26. The number of aliphatic hydroxyl groups is 1. The third-order valence-corrected chi connectivity index (χ3v) is 5.11. The van der Waals surface area contributed by atoms with E-state index in [0.717, 1.165) is 28.3 Å². The minimum absolute atomic E-state index is 0.0978. The molecular formula is C23H16F3N3O. The van der Waals surface area contributed by atoms with Crippen molar-refractivity contribution < 1.29 is 18.3 Å². The van der Waals surface area contributed by atoms with Crippen LogP contribution in [-0.4, -0.2) is 5.11 Å². The van der Waals surface area contributed by atoms with Crippen molar-refractivity contribution in [3.05, 3.63) is 106 Å². The lowest BCUT2D eigenvalue weighted by molar-refractivity contribution is -0.137. The van der Waals surface area contributed by atoms with Gasteiger partial charge in [-0.15, -0.1) is 0 Å². The average Bonchev–Trinajstić information content (AvgIpc) is 3.11. The van der Waals surface area contributed by atoms with Gasteiger partial charge in [0.05, 0.1) is 16.9 Å². The summed E-state index contributed by atoms with van der Waals surface area (Å²) in [5.41, 5.74) is 4.85. The Labute approximate surface area is 170 Å². The summed E-state index contributed by atoms with van der Waals surface area (Å²) in [5.74, 6) is -0.0978. The number of alkyl halides is 3. The Bertz CT molecular complexity index is 1270. The number of halogens is 3. The maximum absolute atomic E-state index is 12.9. The summed E-state index contributed by atoms with van der Waals surface area (Å²) in [6, 6.07) is 21.9. The van der Waals surface area contributed by atoms with E-state index < -0.39 is 11.7 Å². The summed E-state index contributed by atoms with van der Waals surface area (Å²) in [4.78, 5) is 1.87. The lowest BCUT2D eigenvalue weighted by Crippen LogP contribution is -2.41. The predicted molar refractivity (Wildman–Crippen MR) is 109 cm³/mol. The molecule has 2 heterocycles. The Hall–Kier alpha value is -3.87. The summed E-state index contributed by atoms with van der Waals surface area (Å²) >= 11 is 0. The first-order valence-electron chi connectivity index (χ1n) is 9.26. The lowest BCUT2D eigenvalue weighted by Gasteiger charge is -2.24. The maximum Gasteiger partial charge on any atom is 0.416 e. The van der Waals surface area contributed by atoms with Gasteiger partial charge in [0.15, 0.2) is 0 Å². The van der Waals surface area contributed by atoms with E-state index in [4.69, 9.17) is 0 Å². The second kappa shape index (κ2) is 6.59. The number of fused-ring (bicyclic) bond motifs is 2. The number of hydrazine groups is 1. The second-order valence-electron chi connectivity index (χ2n) is 6.96. The van der Waals surface area contributed by atoms with E-state index in [1.54, 1.807) is 0 Å². The van der Waals surface area contributed by atoms with E-state index in [0.29, 0.717) is 17.1 Å². The summed E-state index contributed by atoms with van der Waals surface area (Å²) in [6.45, 7) is 0. The van der Waals surface area contributed by atoms with Gasteiger partial charge in [-0.1, -0.05) is 42.5 Å². The van der Waals surface area contributed by atoms with Crippen LogP contribution in [0.3, 0.4) is 0 Å². The van der Waals surface area contributed by atoms with Crippen LogP contribution in [0.5, 0.6) is 0 Å². The fourth-order valence-corrected chi connectivity index (χ4v) is 3.67. The second-order valence-corrected chi connectivity index (χ2v) is 6.96. The van der Waals surface area contributed by atoms with Gasteiger partial charge in [0.25, 0.3) is 0 Å². The van der Waals surface area contributed by atoms with Crippen LogP contribution in [0.2, 0.25) is 0 Å². The topological polar surface area (TPSA) is 38.7 Å². The van der Waals surface area contributed by atoms with Gasteiger partial charge in [0.1, 0.15) is 5.70 Å². The van der Waals surface area contributed by atoms with Crippen molar-refractivity contribution in [1.82, 2.24) is 5.43 Å². The van der Waals surface area contributed by atoms with Crippen LogP contribution < -0.4 is 25.8 Å². The van der Waals surface area contributed by atoms with Gasteiger partial charge in [-0.3, -0.25) is 5.43 Å². The molecule has 0 aromatic heterocycles. The Morgan fingerprint density at radius 1 is 0.767 bits per heavy atom. The molecule has 0 spiro atoms. The molecule has 150 valence electrons. The van der Waals surface area contributed by atoms with Crippen molar-refractivity contribution in [2.45, 2.75) is 6.18 Å². The Morgan fingerprint density at radius 3 is 2.13 bits per heavy atom. The number of para-hydroxylation sites is 1. The van der Waals surface area contributed by atoms with Crippen molar-refractivity contribution in [3.8, 4) is 0 Å². The molecule has 3 aromatic carbocycles. The van der Waals surface area contributed by atoms with Crippen molar-refractivity contribution in [3.63, 3.8) is 0 Å². The highest BCUT2D eigenvalue weighted by Gasteiger charge is 2.35. The number of anilines is 2. The number of rotatable bonds is 2. The van der Waals surface area contributed by atoms with Crippen LogP contribution in [0.1, 0.15) is 5.56 Å². The van der Waals surface area contributed by atoms with E-state index in [9.17, 15) is 18.3 Å². The highest BCUT2D eigenvalue weighted by atomic mass is 19.4. The summed E-state index contributed by atoms with van der Waals surface area (Å²) in [7, 11) is 0. The first-order chi connectivity index (χ1) is 14.4. The molecule has 0 atom stereocenters. The summed E-state index contributed by atoms with van der Waals surface area (Å²) in [5, 5.41) is 14.3. The molecule has 30 heavy (non-hydrogen) atoms. The van der Waals surface area contributed by atoms with E-state index >= 15 is 0 Å². The first kappa shape index (κ1) is 18.2. The average molecular weight is 407 g/mol. The number of hydrogen-bond acceptors (Lipinski definition) is 4. The van der Waals surface area contributed by atoms with Crippen LogP contribution >= 0.6 is 0 Å². The van der Waals surface area contributed by atoms with Crippen molar-refractivity contribution in [2.75, 3.05) is 9.91 Å². The van der Waals surface area contributed by atoms with Gasteiger partial charge in [-0.25, -0.2) is 5.01 Å². The highest BCUT2D eigenvalue weighted by Crippen LogP contribution is 2.35. The van der Waals surface area contributed by atoms with Gasteiger partial charge in [-0.05, 0) is 36.4 Å². The summed E-state index contributed by atoms with van der Waals surface area (Å²) in [6.07, 6.45) is -2.49. The monoisotopic (exact) mass is 407 g/mol. The van der Waals surface area contributed by atoms with E-state index in [1.165, 1.54) is 17.1 Å². The van der Waals surface area contributed by atoms with Crippen LogP contribution in [0.15, 0.2) is 90.4 Å². The van der Waals surface area contributed by atoms with Crippen molar-refractivity contribution >= 4 is 23.3 Å².